The summed E-state index contributed by atoms with van der Waals surface area (Å²) in [7, 11) is 2.00. The van der Waals surface area contributed by atoms with E-state index in [9.17, 15) is 5.11 Å². The molecule has 1 N–H and O–H groups in total. The normalized spacial score (nSPS) is 12.3. The van der Waals surface area contributed by atoms with Crippen LogP contribution in [0.5, 0.6) is 0 Å². The lowest BCUT2D eigenvalue weighted by Crippen LogP contribution is -2.24. The zero-order valence-electron chi connectivity index (χ0n) is 14.6. The Morgan fingerprint density at radius 1 is 0.885 bits per heavy atom. The number of benzene rings is 3. The molecule has 134 valence electrons. The Morgan fingerprint density at radius 3 is 2.19 bits per heavy atom. The second-order valence-corrected chi connectivity index (χ2v) is 7.28. The zero-order valence-corrected chi connectivity index (χ0v) is 16.1. The van der Waals surface area contributed by atoms with Crippen molar-refractivity contribution in [2.75, 3.05) is 13.6 Å². The molecule has 0 saturated carbocycles. The summed E-state index contributed by atoms with van der Waals surface area (Å²) in [6.45, 7) is 1.31. The standard InChI is InChI=1S/C22H21Cl2NO/c1-25(15-22(26)18-10-12-19(23)13-11-18)14-16-6-8-17(9-7-16)20-4-2-3-5-21(20)24/h2-13,22,26H,14-15H2,1H3/t22-/m0/s1. The lowest BCUT2D eigenvalue weighted by atomic mass is 10.0. The van der Waals surface area contributed by atoms with Gasteiger partial charge >= 0.3 is 0 Å². The van der Waals surface area contributed by atoms with E-state index in [0.717, 1.165) is 28.3 Å². The summed E-state index contributed by atoms with van der Waals surface area (Å²) in [5.74, 6) is 0. The number of halogens is 2. The topological polar surface area (TPSA) is 23.5 Å². The quantitative estimate of drug-likeness (QED) is 0.577. The molecule has 0 bridgehead atoms. The van der Waals surface area contributed by atoms with E-state index in [1.807, 2.05) is 43.4 Å². The lowest BCUT2D eigenvalue weighted by Gasteiger charge is -2.21. The average Bonchev–Trinajstić information content (AvgIpc) is 2.63. The maximum absolute atomic E-state index is 10.4. The molecule has 0 amide bonds. The summed E-state index contributed by atoms with van der Waals surface area (Å²) in [6, 6.07) is 23.5. The van der Waals surface area contributed by atoms with Crippen molar-refractivity contribution in [1.29, 1.82) is 0 Å². The fourth-order valence-corrected chi connectivity index (χ4v) is 3.32. The molecule has 0 unspecified atom stereocenters. The Labute approximate surface area is 164 Å². The fraction of sp³-hybridized carbons (Fsp3) is 0.182. The molecule has 0 heterocycles. The van der Waals surface area contributed by atoms with Gasteiger partial charge in [-0.25, -0.2) is 0 Å². The van der Waals surface area contributed by atoms with Crippen molar-refractivity contribution < 1.29 is 5.11 Å². The Hall–Kier alpha value is -1.84. The molecule has 0 aliphatic rings. The minimum atomic E-state index is -0.542. The molecule has 0 spiro atoms. The Kier molecular flexibility index (Phi) is 6.33. The predicted molar refractivity (Wildman–Crippen MR) is 110 cm³/mol. The van der Waals surface area contributed by atoms with Gasteiger partial charge in [0.05, 0.1) is 6.10 Å². The predicted octanol–water partition coefficient (Wildman–Crippen LogP) is 5.83. The molecule has 1 atom stereocenters. The van der Waals surface area contributed by atoms with Crippen LogP contribution in [0.15, 0.2) is 72.8 Å². The maximum Gasteiger partial charge on any atom is 0.0916 e. The summed E-state index contributed by atoms with van der Waals surface area (Å²) in [5.41, 5.74) is 4.19. The first-order chi connectivity index (χ1) is 12.5. The first-order valence-electron chi connectivity index (χ1n) is 8.49. The molecule has 26 heavy (non-hydrogen) atoms. The monoisotopic (exact) mass is 385 g/mol. The van der Waals surface area contributed by atoms with Gasteiger partial charge in [0, 0.05) is 28.7 Å². The summed E-state index contributed by atoms with van der Waals surface area (Å²) in [6.07, 6.45) is -0.542. The molecule has 4 heteroatoms. The number of likely N-dealkylation sites (N-methyl/N-ethyl adjacent to an activating group) is 1. The van der Waals surface area contributed by atoms with Gasteiger partial charge in [-0.15, -0.1) is 0 Å². The number of aliphatic hydroxyl groups excluding tert-OH is 1. The van der Waals surface area contributed by atoms with Crippen LogP contribution in [0.1, 0.15) is 17.2 Å². The molecule has 0 saturated heterocycles. The number of aliphatic hydroxyl groups is 1. The van der Waals surface area contributed by atoms with Crippen LogP contribution in [0.4, 0.5) is 0 Å². The number of nitrogens with zero attached hydrogens (tertiary/aromatic N) is 1. The van der Waals surface area contributed by atoms with Crippen LogP contribution in [0, 0.1) is 0 Å². The Balaban J connectivity index is 1.61. The second-order valence-electron chi connectivity index (χ2n) is 6.44. The van der Waals surface area contributed by atoms with E-state index in [0.29, 0.717) is 11.6 Å². The van der Waals surface area contributed by atoms with Crippen LogP contribution in [0.25, 0.3) is 11.1 Å². The molecule has 0 aromatic heterocycles. The minimum Gasteiger partial charge on any atom is -0.387 e. The van der Waals surface area contributed by atoms with Gasteiger partial charge in [-0.1, -0.05) is 77.8 Å². The van der Waals surface area contributed by atoms with Crippen molar-refractivity contribution >= 4 is 23.2 Å². The summed E-state index contributed by atoms with van der Waals surface area (Å²) in [5, 5.41) is 11.8. The first kappa shape index (κ1) is 18.9. The average molecular weight is 386 g/mol. The second kappa shape index (κ2) is 8.70. The number of rotatable bonds is 6. The third-order valence-corrected chi connectivity index (χ3v) is 4.91. The third-order valence-electron chi connectivity index (χ3n) is 4.33. The molecule has 2 nitrogen and oxygen atoms in total. The Bertz CT molecular complexity index is 847. The van der Waals surface area contributed by atoms with Gasteiger partial charge < -0.3 is 5.11 Å². The van der Waals surface area contributed by atoms with Gasteiger partial charge in [-0.05, 0) is 41.9 Å². The van der Waals surface area contributed by atoms with E-state index in [2.05, 4.69) is 29.2 Å². The number of hydrogen-bond acceptors (Lipinski definition) is 2. The largest absolute Gasteiger partial charge is 0.387 e. The fourth-order valence-electron chi connectivity index (χ4n) is 2.95. The van der Waals surface area contributed by atoms with Gasteiger partial charge in [0.1, 0.15) is 0 Å². The summed E-state index contributed by atoms with van der Waals surface area (Å²) < 4.78 is 0. The minimum absolute atomic E-state index is 0.542. The van der Waals surface area contributed by atoms with E-state index < -0.39 is 6.10 Å². The van der Waals surface area contributed by atoms with Crippen LogP contribution >= 0.6 is 23.2 Å². The highest BCUT2D eigenvalue weighted by Gasteiger charge is 2.11. The van der Waals surface area contributed by atoms with Crippen molar-refractivity contribution in [3.8, 4) is 11.1 Å². The molecule has 0 radical (unpaired) electrons. The molecule has 3 aromatic rings. The van der Waals surface area contributed by atoms with E-state index in [4.69, 9.17) is 23.2 Å². The van der Waals surface area contributed by atoms with E-state index in [1.165, 1.54) is 5.56 Å². The van der Waals surface area contributed by atoms with Crippen LogP contribution in [0.3, 0.4) is 0 Å². The molecule has 0 aliphatic heterocycles. The smallest absolute Gasteiger partial charge is 0.0916 e. The van der Waals surface area contributed by atoms with Crippen molar-refractivity contribution in [1.82, 2.24) is 4.90 Å². The molecular weight excluding hydrogens is 365 g/mol. The lowest BCUT2D eigenvalue weighted by molar-refractivity contribution is 0.124. The van der Waals surface area contributed by atoms with Crippen LogP contribution in [0.2, 0.25) is 10.0 Å². The molecular formula is C22H21Cl2NO. The highest BCUT2D eigenvalue weighted by atomic mass is 35.5. The third kappa shape index (κ3) is 4.87. The van der Waals surface area contributed by atoms with Gasteiger partial charge in [0.25, 0.3) is 0 Å². The molecule has 3 aromatic carbocycles. The van der Waals surface area contributed by atoms with Crippen LogP contribution in [-0.2, 0) is 6.54 Å². The van der Waals surface area contributed by atoms with E-state index in [-0.39, 0.29) is 0 Å². The van der Waals surface area contributed by atoms with E-state index >= 15 is 0 Å². The number of hydrogen-bond donors (Lipinski definition) is 1. The van der Waals surface area contributed by atoms with Crippen LogP contribution in [-0.4, -0.2) is 23.6 Å². The van der Waals surface area contributed by atoms with Crippen LogP contribution < -0.4 is 0 Å². The zero-order chi connectivity index (χ0) is 18.5. The first-order valence-corrected chi connectivity index (χ1v) is 9.24. The molecule has 3 rings (SSSR count). The van der Waals surface area contributed by atoms with Gasteiger partial charge in [0.15, 0.2) is 0 Å². The maximum atomic E-state index is 10.4. The highest BCUT2D eigenvalue weighted by molar-refractivity contribution is 6.33. The van der Waals surface area contributed by atoms with Crippen molar-refractivity contribution in [2.45, 2.75) is 12.6 Å². The van der Waals surface area contributed by atoms with Gasteiger partial charge in [0.2, 0.25) is 0 Å². The van der Waals surface area contributed by atoms with Gasteiger partial charge in [-0.3, -0.25) is 4.90 Å². The highest BCUT2D eigenvalue weighted by Crippen LogP contribution is 2.27. The van der Waals surface area contributed by atoms with E-state index in [1.54, 1.807) is 12.1 Å². The van der Waals surface area contributed by atoms with Crippen molar-refractivity contribution in [3.63, 3.8) is 0 Å². The van der Waals surface area contributed by atoms with Crippen molar-refractivity contribution in [2.24, 2.45) is 0 Å². The van der Waals surface area contributed by atoms with Gasteiger partial charge in [-0.2, -0.15) is 0 Å². The molecule has 0 fully saturated rings. The molecule has 0 aliphatic carbocycles. The SMILES string of the molecule is CN(Cc1ccc(-c2ccccc2Cl)cc1)C[C@H](O)c1ccc(Cl)cc1. The van der Waals surface area contributed by atoms with Crippen molar-refractivity contribution in [3.05, 3.63) is 94.0 Å². The summed E-state index contributed by atoms with van der Waals surface area (Å²) in [4.78, 5) is 2.10. The summed E-state index contributed by atoms with van der Waals surface area (Å²) >= 11 is 12.2. The Morgan fingerprint density at radius 2 is 1.54 bits per heavy atom.